The molecule has 0 aromatic carbocycles. The first-order valence-electron chi connectivity index (χ1n) is 13.3. The Kier molecular flexibility index (Phi) is 14.4. The topological polar surface area (TPSA) is 71.2 Å². The number of hydrogen-bond acceptors (Lipinski definition) is 7. The largest absolute Gasteiger partial charge is 0.379 e. The molecule has 2 aliphatic heterocycles. The van der Waals surface area contributed by atoms with Gasteiger partial charge in [-0.2, -0.15) is 0 Å². The van der Waals surface area contributed by atoms with Crippen molar-refractivity contribution >= 4 is 0 Å². The van der Waals surface area contributed by atoms with Crippen molar-refractivity contribution in [2.24, 2.45) is 0 Å². The molecular weight excluding hydrogens is 424 g/mol. The minimum atomic E-state index is -0.125. The van der Waals surface area contributed by atoms with Gasteiger partial charge in [-0.05, 0) is 52.4 Å². The van der Waals surface area contributed by atoms with E-state index in [2.05, 4.69) is 27.7 Å². The van der Waals surface area contributed by atoms with E-state index in [4.69, 9.17) is 33.2 Å². The Morgan fingerprint density at radius 2 is 1.06 bits per heavy atom. The summed E-state index contributed by atoms with van der Waals surface area (Å²) in [5, 5.41) is 0. The molecule has 7 nitrogen and oxygen atoms in total. The lowest BCUT2D eigenvalue weighted by Gasteiger charge is -2.19. The molecule has 4 atom stereocenters. The Morgan fingerprint density at radius 1 is 0.636 bits per heavy atom. The fraction of sp³-hybridized carbons (Fsp3) is 1.00. The van der Waals surface area contributed by atoms with Gasteiger partial charge in [-0.1, -0.05) is 26.7 Å². The normalized spacial score (nSPS) is 25.8. The van der Waals surface area contributed by atoms with Crippen LogP contribution in [0.4, 0.5) is 0 Å². The second-order valence-electron chi connectivity index (χ2n) is 9.81. The fourth-order valence-corrected chi connectivity index (χ4v) is 3.64. The van der Waals surface area contributed by atoms with Crippen LogP contribution in [-0.2, 0) is 33.2 Å². The highest BCUT2D eigenvalue weighted by Gasteiger charge is 2.48. The third-order valence-electron chi connectivity index (χ3n) is 6.39. The first kappa shape index (κ1) is 29.0. The molecule has 2 saturated heterocycles. The molecular formula is C26H50O7. The summed E-state index contributed by atoms with van der Waals surface area (Å²) in [6, 6.07) is 0. The predicted molar refractivity (Wildman–Crippen MR) is 129 cm³/mol. The standard InChI is InChI=1S/C26H50O7/c1-5-7-13-27-15-17-30-23(3)9-11-25(21-32-25)19-29-20-26(22-33-26)12-10-24(4)31-18-16-28-14-8-6-2/h23-24H,5-22H2,1-4H3. The number of hydrogen-bond donors (Lipinski definition) is 0. The molecule has 0 bridgehead atoms. The summed E-state index contributed by atoms with van der Waals surface area (Å²) in [6.07, 6.45) is 8.83. The van der Waals surface area contributed by atoms with E-state index in [-0.39, 0.29) is 23.4 Å². The average Bonchev–Trinajstić information content (AvgIpc) is 3.74. The second kappa shape index (κ2) is 16.4. The van der Waals surface area contributed by atoms with Crippen LogP contribution in [0.2, 0.25) is 0 Å². The van der Waals surface area contributed by atoms with E-state index in [1.165, 1.54) is 0 Å². The van der Waals surface area contributed by atoms with Crippen LogP contribution in [0.25, 0.3) is 0 Å². The van der Waals surface area contributed by atoms with E-state index in [1.807, 2.05) is 0 Å². The zero-order valence-electron chi connectivity index (χ0n) is 21.7. The summed E-state index contributed by atoms with van der Waals surface area (Å²) in [5.74, 6) is 0. The van der Waals surface area contributed by atoms with Crippen molar-refractivity contribution in [1.29, 1.82) is 0 Å². The average molecular weight is 475 g/mol. The van der Waals surface area contributed by atoms with Crippen LogP contribution in [0, 0.1) is 0 Å². The van der Waals surface area contributed by atoms with Gasteiger partial charge >= 0.3 is 0 Å². The van der Waals surface area contributed by atoms with Crippen molar-refractivity contribution in [2.75, 3.05) is 66.1 Å². The summed E-state index contributed by atoms with van der Waals surface area (Å²) in [5.41, 5.74) is -0.251. The van der Waals surface area contributed by atoms with Gasteiger partial charge in [-0.15, -0.1) is 0 Å². The maximum atomic E-state index is 6.05. The van der Waals surface area contributed by atoms with Crippen LogP contribution in [0.3, 0.4) is 0 Å². The predicted octanol–water partition coefficient (Wildman–Crippen LogP) is 4.55. The summed E-state index contributed by atoms with van der Waals surface area (Å²) in [6.45, 7) is 15.7. The molecule has 2 aliphatic rings. The minimum Gasteiger partial charge on any atom is -0.379 e. The smallest absolute Gasteiger partial charge is 0.115 e. The lowest BCUT2D eigenvalue weighted by Crippen LogP contribution is -2.28. The van der Waals surface area contributed by atoms with Gasteiger partial charge in [0, 0.05) is 13.2 Å². The van der Waals surface area contributed by atoms with Gasteiger partial charge in [0.1, 0.15) is 11.2 Å². The maximum Gasteiger partial charge on any atom is 0.115 e. The summed E-state index contributed by atoms with van der Waals surface area (Å²) < 4.78 is 40.4. The lowest BCUT2D eigenvalue weighted by molar-refractivity contribution is -0.00605. The van der Waals surface area contributed by atoms with E-state index >= 15 is 0 Å². The molecule has 0 amide bonds. The van der Waals surface area contributed by atoms with E-state index in [9.17, 15) is 0 Å². The van der Waals surface area contributed by atoms with Crippen LogP contribution >= 0.6 is 0 Å². The Labute approximate surface area is 202 Å². The highest BCUT2D eigenvalue weighted by atomic mass is 16.6. The lowest BCUT2D eigenvalue weighted by atomic mass is 10.0. The number of unbranched alkanes of at least 4 members (excludes halogenated alkanes) is 2. The van der Waals surface area contributed by atoms with Gasteiger partial charge < -0.3 is 33.2 Å². The van der Waals surface area contributed by atoms with Crippen molar-refractivity contribution in [3.63, 3.8) is 0 Å². The SMILES string of the molecule is CCCCOCCOC(C)CCC1(COCC2(CCC(C)OCCOCCCC)CO2)CO1. The summed E-state index contributed by atoms with van der Waals surface area (Å²) >= 11 is 0. The van der Waals surface area contributed by atoms with Crippen molar-refractivity contribution in [3.05, 3.63) is 0 Å². The molecule has 0 aromatic heterocycles. The van der Waals surface area contributed by atoms with E-state index in [1.54, 1.807) is 0 Å². The molecule has 0 aromatic rings. The van der Waals surface area contributed by atoms with Crippen LogP contribution in [0.5, 0.6) is 0 Å². The Hall–Kier alpha value is -0.280. The molecule has 2 rings (SSSR count). The maximum absolute atomic E-state index is 6.05. The van der Waals surface area contributed by atoms with Crippen molar-refractivity contribution in [1.82, 2.24) is 0 Å². The molecule has 0 radical (unpaired) electrons. The number of rotatable bonds is 24. The molecule has 0 N–H and O–H groups in total. The highest BCUT2D eigenvalue weighted by Crippen LogP contribution is 2.37. The molecule has 33 heavy (non-hydrogen) atoms. The molecule has 0 saturated carbocycles. The van der Waals surface area contributed by atoms with Crippen LogP contribution in [0.1, 0.15) is 79.1 Å². The van der Waals surface area contributed by atoms with E-state index in [0.717, 1.165) is 77.8 Å². The molecule has 2 fully saturated rings. The first-order valence-corrected chi connectivity index (χ1v) is 13.3. The van der Waals surface area contributed by atoms with Crippen LogP contribution in [0.15, 0.2) is 0 Å². The molecule has 4 unspecified atom stereocenters. The van der Waals surface area contributed by atoms with Crippen molar-refractivity contribution < 1.29 is 33.2 Å². The highest BCUT2D eigenvalue weighted by molar-refractivity contribution is 4.95. The minimum absolute atomic E-state index is 0.125. The second-order valence-corrected chi connectivity index (χ2v) is 9.81. The van der Waals surface area contributed by atoms with Gasteiger partial charge in [0.15, 0.2) is 0 Å². The zero-order valence-corrected chi connectivity index (χ0v) is 21.7. The fourth-order valence-electron chi connectivity index (χ4n) is 3.64. The van der Waals surface area contributed by atoms with E-state index in [0.29, 0.717) is 39.6 Å². The molecule has 196 valence electrons. The van der Waals surface area contributed by atoms with Crippen LogP contribution in [-0.4, -0.2) is 89.5 Å². The summed E-state index contributed by atoms with van der Waals surface area (Å²) in [4.78, 5) is 0. The quantitative estimate of drug-likeness (QED) is 0.150. The number of epoxide rings is 2. The summed E-state index contributed by atoms with van der Waals surface area (Å²) in [7, 11) is 0. The van der Waals surface area contributed by atoms with Gasteiger partial charge in [0.2, 0.25) is 0 Å². The van der Waals surface area contributed by atoms with Gasteiger partial charge in [0.25, 0.3) is 0 Å². The molecule has 7 heteroatoms. The Bertz CT molecular complexity index is 437. The van der Waals surface area contributed by atoms with Crippen molar-refractivity contribution in [3.8, 4) is 0 Å². The van der Waals surface area contributed by atoms with Crippen molar-refractivity contribution in [2.45, 2.75) is 102 Å². The molecule has 0 spiro atoms. The number of ether oxygens (including phenoxy) is 7. The van der Waals surface area contributed by atoms with Gasteiger partial charge in [-0.25, -0.2) is 0 Å². The third kappa shape index (κ3) is 13.4. The monoisotopic (exact) mass is 474 g/mol. The van der Waals surface area contributed by atoms with Gasteiger partial charge in [-0.3, -0.25) is 0 Å². The van der Waals surface area contributed by atoms with Gasteiger partial charge in [0.05, 0.1) is 65.1 Å². The first-order chi connectivity index (χ1) is 16.0. The Balaban J connectivity index is 1.47. The molecule has 0 aliphatic carbocycles. The van der Waals surface area contributed by atoms with Crippen LogP contribution < -0.4 is 0 Å². The third-order valence-corrected chi connectivity index (χ3v) is 6.39. The van der Waals surface area contributed by atoms with E-state index < -0.39 is 0 Å². The zero-order chi connectivity index (χ0) is 23.8. The Morgan fingerprint density at radius 3 is 1.42 bits per heavy atom. The molecule has 2 heterocycles.